The molecule has 0 aliphatic heterocycles. The summed E-state index contributed by atoms with van der Waals surface area (Å²) >= 11 is 5.73. The molecule has 0 atom stereocenters. The van der Waals surface area contributed by atoms with E-state index in [2.05, 4.69) is 10.6 Å². The van der Waals surface area contributed by atoms with Gasteiger partial charge in [0.2, 0.25) is 5.91 Å². The number of nitrogens with zero attached hydrogens (tertiary/aromatic N) is 1. The number of hydrogen-bond acceptors (Lipinski definition) is 4. The van der Waals surface area contributed by atoms with Gasteiger partial charge in [0.05, 0.1) is 4.92 Å². The van der Waals surface area contributed by atoms with Gasteiger partial charge in [-0.2, -0.15) is 0 Å². The third-order valence-corrected chi connectivity index (χ3v) is 3.29. The number of amides is 2. The van der Waals surface area contributed by atoms with Gasteiger partial charge in [-0.25, -0.2) is 0 Å². The largest absolute Gasteiger partial charge is 0.353 e. The molecule has 112 valence electrons. The molecular weight excluding hydrogens is 298 g/mol. The molecule has 1 saturated carbocycles. The van der Waals surface area contributed by atoms with Crippen LogP contribution >= 0.6 is 11.6 Å². The van der Waals surface area contributed by atoms with Crippen LogP contribution in [0, 0.1) is 10.1 Å². The van der Waals surface area contributed by atoms with Gasteiger partial charge in [0.25, 0.3) is 11.6 Å². The molecule has 8 heteroatoms. The second-order valence-corrected chi connectivity index (χ2v) is 5.18. The summed E-state index contributed by atoms with van der Waals surface area (Å²) in [6, 6.07) is 4.03. The summed E-state index contributed by atoms with van der Waals surface area (Å²) in [5, 5.41) is 15.9. The first-order valence-electron chi connectivity index (χ1n) is 6.49. The first kappa shape index (κ1) is 15.2. The fourth-order valence-corrected chi connectivity index (χ4v) is 1.96. The third kappa shape index (κ3) is 4.42. The van der Waals surface area contributed by atoms with Crippen molar-refractivity contribution in [3.05, 3.63) is 38.9 Å². The van der Waals surface area contributed by atoms with Gasteiger partial charge < -0.3 is 10.6 Å². The summed E-state index contributed by atoms with van der Waals surface area (Å²) < 4.78 is 0. The summed E-state index contributed by atoms with van der Waals surface area (Å²) in [6.45, 7) is 0.200. The lowest BCUT2D eigenvalue weighted by Crippen LogP contribution is -2.31. The number of carbonyl (C=O) groups is 2. The van der Waals surface area contributed by atoms with Crippen molar-refractivity contribution in [3.8, 4) is 0 Å². The van der Waals surface area contributed by atoms with Gasteiger partial charge >= 0.3 is 0 Å². The van der Waals surface area contributed by atoms with Crippen LogP contribution in [0.3, 0.4) is 0 Å². The smallest absolute Gasteiger partial charge is 0.287 e. The SMILES string of the molecule is O=C(CCNC(=O)c1ccc([N+](=O)[O-])c(Cl)c1)NC1CC1. The highest BCUT2D eigenvalue weighted by molar-refractivity contribution is 6.33. The van der Waals surface area contributed by atoms with E-state index in [0.29, 0.717) is 6.04 Å². The average molecular weight is 312 g/mol. The Labute approximate surface area is 125 Å². The van der Waals surface area contributed by atoms with E-state index < -0.39 is 10.8 Å². The van der Waals surface area contributed by atoms with Crippen LogP contribution in [0.15, 0.2) is 18.2 Å². The fourth-order valence-electron chi connectivity index (χ4n) is 1.72. The molecule has 0 spiro atoms. The standard InChI is InChI=1S/C13H14ClN3O4/c14-10-7-8(1-4-11(10)17(20)21)13(19)15-6-5-12(18)16-9-2-3-9/h1,4,7,9H,2-3,5-6H2,(H,15,19)(H,16,18). The Kier molecular flexibility index (Phi) is 4.74. The number of nitro groups is 1. The minimum Gasteiger partial charge on any atom is -0.353 e. The lowest BCUT2D eigenvalue weighted by atomic mass is 10.2. The Morgan fingerprint density at radius 3 is 2.67 bits per heavy atom. The van der Waals surface area contributed by atoms with Gasteiger partial charge in [-0.05, 0) is 25.0 Å². The van der Waals surface area contributed by atoms with E-state index in [4.69, 9.17) is 11.6 Å². The van der Waals surface area contributed by atoms with Crippen molar-refractivity contribution in [2.45, 2.75) is 25.3 Å². The minimum absolute atomic E-state index is 0.0977. The van der Waals surface area contributed by atoms with Gasteiger partial charge in [-0.3, -0.25) is 19.7 Å². The molecule has 1 aromatic carbocycles. The maximum Gasteiger partial charge on any atom is 0.287 e. The molecule has 7 nitrogen and oxygen atoms in total. The number of halogens is 1. The van der Waals surface area contributed by atoms with Gasteiger partial charge in [-0.1, -0.05) is 11.6 Å². The summed E-state index contributed by atoms with van der Waals surface area (Å²) in [6.07, 6.45) is 2.22. The van der Waals surface area contributed by atoms with Crippen molar-refractivity contribution >= 4 is 29.1 Å². The lowest BCUT2D eigenvalue weighted by molar-refractivity contribution is -0.384. The zero-order valence-corrected chi connectivity index (χ0v) is 11.9. The second kappa shape index (κ2) is 6.53. The summed E-state index contributed by atoms with van der Waals surface area (Å²) in [5.41, 5.74) is -0.0368. The third-order valence-electron chi connectivity index (χ3n) is 2.99. The van der Waals surface area contributed by atoms with E-state index in [0.717, 1.165) is 12.8 Å². The van der Waals surface area contributed by atoms with E-state index >= 15 is 0 Å². The highest BCUT2D eigenvalue weighted by atomic mass is 35.5. The molecule has 2 rings (SSSR count). The summed E-state index contributed by atoms with van der Waals surface area (Å²) in [7, 11) is 0. The van der Waals surface area contributed by atoms with Crippen LogP contribution in [0.5, 0.6) is 0 Å². The van der Waals surface area contributed by atoms with E-state index in [1.165, 1.54) is 18.2 Å². The Morgan fingerprint density at radius 1 is 1.38 bits per heavy atom. The van der Waals surface area contributed by atoms with Crippen LogP contribution in [0.25, 0.3) is 0 Å². The molecule has 1 aliphatic rings. The topological polar surface area (TPSA) is 101 Å². The van der Waals surface area contributed by atoms with Crippen molar-refractivity contribution in [2.24, 2.45) is 0 Å². The predicted octanol–water partition coefficient (Wildman–Crippen LogP) is 1.65. The van der Waals surface area contributed by atoms with Crippen LogP contribution in [0.1, 0.15) is 29.6 Å². The lowest BCUT2D eigenvalue weighted by Gasteiger charge is -2.06. The Balaban J connectivity index is 1.83. The Morgan fingerprint density at radius 2 is 2.10 bits per heavy atom. The van der Waals surface area contributed by atoms with Crippen molar-refractivity contribution in [3.63, 3.8) is 0 Å². The Bertz CT molecular complexity index is 587. The van der Waals surface area contributed by atoms with E-state index in [9.17, 15) is 19.7 Å². The molecule has 0 bridgehead atoms. The molecule has 1 aliphatic carbocycles. The van der Waals surface area contributed by atoms with E-state index in [1.54, 1.807) is 0 Å². The van der Waals surface area contributed by atoms with Crippen LogP contribution < -0.4 is 10.6 Å². The maximum absolute atomic E-state index is 11.8. The van der Waals surface area contributed by atoms with Crippen LogP contribution in [0.2, 0.25) is 5.02 Å². The molecule has 0 aromatic heterocycles. The van der Waals surface area contributed by atoms with Gasteiger partial charge in [0.15, 0.2) is 0 Å². The number of nitro benzene ring substituents is 1. The average Bonchev–Trinajstić information content (AvgIpc) is 3.21. The minimum atomic E-state index is -0.619. The number of carbonyl (C=O) groups excluding carboxylic acids is 2. The fraction of sp³-hybridized carbons (Fsp3) is 0.385. The molecule has 1 aromatic rings. The molecule has 0 radical (unpaired) electrons. The van der Waals surface area contributed by atoms with Gasteiger partial charge in [-0.15, -0.1) is 0 Å². The van der Waals surface area contributed by atoms with Crippen molar-refractivity contribution in [1.82, 2.24) is 10.6 Å². The zero-order chi connectivity index (χ0) is 15.4. The Hall–Kier alpha value is -2.15. The van der Waals surface area contributed by atoms with Gasteiger partial charge in [0.1, 0.15) is 5.02 Å². The second-order valence-electron chi connectivity index (χ2n) is 4.77. The van der Waals surface area contributed by atoms with Crippen molar-refractivity contribution in [1.29, 1.82) is 0 Å². The highest BCUT2D eigenvalue weighted by Crippen LogP contribution is 2.24. The highest BCUT2D eigenvalue weighted by Gasteiger charge is 2.23. The molecule has 21 heavy (non-hydrogen) atoms. The van der Waals surface area contributed by atoms with Crippen LogP contribution in [0.4, 0.5) is 5.69 Å². The van der Waals surface area contributed by atoms with Crippen molar-refractivity contribution < 1.29 is 14.5 Å². The van der Waals surface area contributed by atoms with Crippen molar-refractivity contribution in [2.75, 3.05) is 6.54 Å². The molecule has 2 amide bonds. The number of hydrogen-bond donors (Lipinski definition) is 2. The normalized spacial score (nSPS) is 13.6. The first-order chi connectivity index (χ1) is 9.97. The zero-order valence-electron chi connectivity index (χ0n) is 11.1. The quantitative estimate of drug-likeness (QED) is 0.616. The molecule has 1 fully saturated rings. The number of benzene rings is 1. The van der Waals surface area contributed by atoms with E-state index in [-0.39, 0.29) is 35.1 Å². The summed E-state index contributed by atoms with van der Waals surface area (Å²) in [4.78, 5) is 33.2. The number of nitrogens with one attached hydrogen (secondary N) is 2. The maximum atomic E-state index is 11.8. The van der Waals surface area contributed by atoms with Crippen LogP contribution in [-0.4, -0.2) is 29.3 Å². The monoisotopic (exact) mass is 311 g/mol. The van der Waals surface area contributed by atoms with Gasteiger partial charge in [0, 0.05) is 30.6 Å². The molecular formula is C13H14ClN3O4. The predicted molar refractivity (Wildman–Crippen MR) is 76.2 cm³/mol. The molecule has 2 N–H and O–H groups in total. The molecule has 0 saturated heterocycles. The first-order valence-corrected chi connectivity index (χ1v) is 6.86. The van der Waals surface area contributed by atoms with E-state index in [1.807, 2.05) is 0 Å². The molecule has 0 unspecified atom stereocenters. The summed E-state index contributed by atoms with van der Waals surface area (Å²) in [5.74, 6) is -0.523. The van der Waals surface area contributed by atoms with Crippen LogP contribution in [-0.2, 0) is 4.79 Å². The molecule has 0 heterocycles. The number of rotatable bonds is 6.